The number of nitro groups is 2. The Morgan fingerprint density at radius 1 is 1.08 bits per heavy atom. The molecule has 0 atom stereocenters. The summed E-state index contributed by atoms with van der Waals surface area (Å²) in [6.45, 7) is 1.62. The third-order valence-electron chi connectivity index (χ3n) is 3.14. The second kappa shape index (κ2) is 7.86. The number of anilines is 2. The molecule has 0 bridgehead atoms. The van der Waals surface area contributed by atoms with Crippen LogP contribution in [0.3, 0.4) is 0 Å². The number of hydrogen-bond donors (Lipinski definition) is 1. The zero-order valence-corrected chi connectivity index (χ0v) is 14.8. The summed E-state index contributed by atoms with van der Waals surface area (Å²) in [4.78, 5) is 31.4. The van der Waals surface area contributed by atoms with Crippen LogP contribution < -0.4 is 40.0 Å². The molecule has 0 fully saturated rings. The Hall–Kier alpha value is -2.49. The molecule has 0 unspecified atom stereocenters. The first-order chi connectivity index (χ1) is 10.8. The van der Waals surface area contributed by atoms with Crippen molar-refractivity contribution in [3.05, 3.63) is 67.8 Å². The molecular formula is C14H10N3NaO6. The molecule has 0 heterocycles. The Kier molecular flexibility index (Phi) is 6.41. The molecule has 118 valence electrons. The van der Waals surface area contributed by atoms with Gasteiger partial charge in [-0.05, 0) is 18.6 Å². The minimum Gasteiger partial charge on any atom is -0.545 e. The van der Waals surface area contributed by atoms with E-state index in [9.17, 15) is 30.1 Å². The van der Waals surface area contributed by atoms with E-state index in [4.69, 9.17) is 0 Å². The van der Waals surface area contributed by atoms with Crippen molar-refractivity contribution in [3.63, 3.8) is 0 Å². The fourth-order valence-corrected chi connectivity index (χ4v) is 2.03. The van der Waals surface area contributed by atoms with Crippen molar-refractivity contribution in [1.82, 2.24) is 0 Å². The predicted octanol–water partition coefficient (Wildman–Crippen LogP) is -1.08. The number of aromatic carboxylic acids is 1. The number of para-hydroxylation sites is 1. The number of carbonyl (C=O) groups is 1. The number of rotatable bonds is 5. The summed E-state index contributed by atoms with van der Waals surface area (Å²) in [5, 5.41) is 35.6. The van der Waals surface area contributed by atoms with Gasteiger partial charge in [-0.1, -0.05) is 18.2 Å². The van der Waals surface area contributed by atoms with Crippen LogP contribution in [0, 0.1) is 27.2 Å². The average Bonchev–Trinajstić information content (AvgIpc) is 2.48. The molecule has 0 saturated heterocycles. The number of carboxylic acids is 1. The topological polar surface area (TPSA) is 138 Å². The van der Waals surface area contributed by atoms with Gasteiger partial charge in [-0.2, -0.15) is 0 Å². The van der Waals surface area contributed by atoms with E-state index in [1.165, 1.54) is 12.1 Å². The van der Waals surface area contributed by atoms with E-state index >= 15 is 0 Å². The fourth-order valence-electron chi connectivity index (χ4n) is 2.03. The van der Waals surface area contributed by atoms with Crippen LogP contribution >= 0.6 is 0 Å². The summed E-state index contributed by atoms with van der Waals surface area (Å²) in [6.07, 6.45) is 0. The van der Waals surface area contributed by atoms with Crippen LogP contribution in [-0.4, -0.2) is 15.8 Å². The van der Waals surface area contributed by atoms with Crippen LogP contribution in [-0.2, 0) is 0 Å². The van der Waals surface area contributed by atoms with Crippen molar-refractivity contribution in [2.24, 2.45) is 0 Å². The van der Waals surface area contributed by atoms with Crippen LogP contribution in [0.5, 0.6) is 0 Å². The maximum Gasteiger partial charge on any atom is 1.00 e. The monoisotopic (exact) mass is 339 g/mol. The van der Waals surface area contributed by atoms with E-state index in [2.05, 4.69) is 5.32 Å². The maximum atomic E-state index is 11.2. The Morgan fingerprint density at radius 2 is 1.75 bits per heavy atom. The van der Waals surface area contributed by atoms with Gasteiger partial charge in [0.25, 0.3) is 11.4 Å². The molecular weight excluding hydrogens is 329 g/mol. The molecule has 0 aliphatic heterocycles. The minimum absolute atomic E-state index is 0. The first kappa shape index (κ1) is 19.6. The van der Waals surface area contributed by atoms with Gasteiger partial charge in [-0.3, -0.25) is 20.2 Å². The first-order valence-corrected chi connectivity index (χ1v) is 6.32. The Morgan fingerprint density at radius 3 is 2.29 bits per heavy atom. The molecule has 0 aromatic heterocycles. The maximum absolute atomic E-state index is 11.2. The van der Waals surface area contributed by atoms with Crippen molar-refractivity contribution in [3.8, 4) is 0 Å². The van der Waals surface area contributed by atoms with Gasteiger partial charge >= 0.3 is 29.6 Å². The third-order valence-corrected chi connectivity index (χ3v) is 3.14. The molecule has 0 saturated carbocycles. The summed E-state index contributed by atoms with van der Waals surface area (Å²) in [7, 11) is 0. The number of carbonyl (C=O) groups excluding carboxylic acids is 1. The fraction of sp³-hybridized carbons (Fsp3) is 0.0714. The van der Waals surface area contributed by atoms with Crippen LogP contribution in [0.25, 0.3) is 0 Å². The Labute approximate surface area is 157 Å². The van der Waals surface area contributed by atoms with E-state index in [1.807, 2.05) is 0 Å². The first-order valence-electron chi connectivity index (χ1n) is 6.32. The van der Waals surface area contributed by atoms with Crippen LogP contribution in [0.2, 0.25) is 0 Å². The predicted molar refractivity (Wildman–Crippen MR) is 78.5 cm³/mol. The van der Waals surface area contributed by atoms with Crippen LogP contribution in [0.1, 0.15) is 15.9 Å². The molecule has 10 heteroatoms. The van der Waals surface area contributed by atoms with Crippen LogP contribution in [0.15, 0.2) is 36.4 Å². The number of benzene rings is 2. The van der Waals surface area contributed by atoms with Gasteiger partial charge in [0, 0.05) is 11.6 Å². The molecule has 0 radical (unpaired) electrons. The van der Waals surface area contributed by atoms with Crippen molar-refractivity contribution >= 4 is 28.7 Å². The standard InChI is InChI=1S/C14H11N3O6.Na/c1-8-3-2-4-10(14(18)19)13(8)15-11-6-5-9(16(20)21)7-12(11)17(22)23;/h2-7,15H,1H3,(H,18,19);/q;+1/p-1. The van der Waals surface area contributed by atoms with Crippen molar-refractivity contribution in [1.29, 1.82) is 0 Å². The summed E-state index contributed by atoms with van der Waals surface area (Å²) in [5.41, 5.74) is -0.544. The van der Waals surface area contributed by atoms with Gasteiger partial charge in [0.05, 0.1) is 27.6 Å². The number of nitrogens with one attached hydrogen (secondary N) is 1. The van der Waals surface area contributed by atoms with Gasteiger partial charge < -0.3 is 15.2 Å². The second-order valence-electron chi connectivity index (χ2n) is 4.63. The van der Waals surface area contributed by atoms with Gasteiger partial charge in [0.2, 0.25) is 0 Å². The summed E-state index contributed by atoms with van der Waals surface area (Å²) in [6, 6.07) is 7.47. The quantitative estimate of drug-likeness (QED) is 0.415. The van der Waals surface area contributed by atoms with Crippen molar-refractivity contribution in [2.45, 2.75) is 6.92 Å². The molecule has 2 aromatic carbocycles. The molecule has 2 aromatic rings. The summed E-state index contributed by atoms with van der Waals surface area (Å²) in [5.74, 6) is -1.44. The van der Waals surface area contributed by atoms with Gasteiger partial charge in [0.15, 0.2) is 0 Å². The van der Waals surface area contributed by atoms with E-state index in [0.717, 1.165) is 18.2 Å². The largest absolute Gasteiger partial charge is 1.00 e. The SMILES string of the molecule is Cc1cccc(C(=O)[O-])c1Nc1ccc([N+](=O)[O-])cc1[N+](=O)[O-].[Na+]. The van der Waals surface area contributed by atoms with Gasteiger partial charge in [-0.25, -0.2) is 0 Å². The Balaban J connectivity index is 0.00000288. The number of aryl methyl sites for hydroxylation is 1. The van der Waals surface area contributed by atoms with E-state index < -0.39 is 27.2 Å². The molecule has 2 rings (SSSR count). The van der Waals surface area contributed by atoms with E-state index in [-0.39, 0.29) is 46.5 Å². The van der Waals surface area contributed by atoms with Gasteiger partial charge in [-0.15, -0.1) is 0 Å². The zero-order chi connectivity index (χ0) is 17.1. The van der Waals surface area contributed by atoms with E-state index in [0.29, 0.717) is 5.56 Å². The average molecular weight is 339 g/mol. The number of non-ortho nitro benzene ring substituents is 1. The minimum atomic E-state index is -1.44. The number of nitro benzene ring substituents is 2. The molecule has 24 heavy (non-hydrogen) atoms. The number of nitrogens with zero attached hydrogens (tertiary/aromatic N) is 2. The second-order valence-corrected chi connectivity index (χ2v) is 4.63. The molecule has 0 aliphatic carbocycles. The molecule has 0 amide bonds. The molecule has 9 nitrogen and oxygen atoms in total. The molecule has 1 N–H and O–H groups in total. The van der Waals surface area contributed by atoms with E-state index in [1.54, 1.807) is 13.0 Å². The molecule has 0 spiro atoms. The normalized spacial score (nSPS) is 9.71. The zero-order valence-electron chi connectivity index (χ0n) is 12.8. The van der Waals surface area contributed by atoms with Crippen molar-refractivity contribution in [2.75, 3.05) is 5.32 Å². The van der Waals surface area contributed by atoms with Gasteiger partial charge in [0.1, 0.15) is 5.69 Å². The summed E-state index contributed by atoms with van der Waals surface area (Å²) < 4.78 is 0. The third kappa shape index (κ3) is 4.07. The molecule has 0 aliphatic rings. The smallest absolute Gasteiger partial charge is 0.545 e. The van der Waals surface area contributed by atoms with Crippen LogP contribution in [0.4, 0.5) is 22.7 Å². The van der Waals surface area contributed by atoms with Crippen molar-refractivity contribution < 1.29 is 49.3 Å². The number of carboxylic acid groups (broad SMARTS) is 1. The number of hydrogen-bond acceptors (Lipinski definition) is 7. The Bertz CT molecular complexity index is 824. The summed E-state index contributed by atoms with van der Waals surface area (Å²) >= 11 is 0.